The summed E-state index contributed by atoms with van der Waals surface area (Å²) in [5.41, 5.74) is 6.57. The Bertz CT molecular complexity index is 773. The number of hydrogen-bond acceptors (Lipinski definition) is 6. The lowest BCUT2D eigenvalue weighted by Crippen LogP contribution is -2.31. The minimum Gasteiger partial charge on any atom is -0.370 e. The van der Waals surface area contributed by atoms with Gasteiger partial charge in [0.25, 0.3) is 0 Å². The minimum absolute atomic E-state index is 0.217. The summed E-state index contributed by atoms with van der Waals surface area (Å²) < 4.78 is 1.83. The third-order valence-corrected chi connectivity index (χ3v) is 3.92. The van der Waals surface area contributed by atoms with Crippen LogP contribution in [0, 0.1) is 0 Å². The van der Waals surface area contributed by atoms with Gasteiger partial charge >= 0.3 is 0 Å². The van der Waals surface area contributed by atoms with Crippen LogP contribution in [0.5, 0.6) is 0 Å². The highest BCUT2D eigenvalue weighted by molar-refractivity contribution is 7.10. The van der Waals surface area contributed by atoms with Gasteiger partial charge in [0.1, 0.15) is 5.82 Å². The van der Waals surface area contributed by atoms with Crippen LogP contribution in [-0.4, -0.2) is 20.7 Å². The topological polar surface area (TPSA) is 81.1 Å². The Labute approximate surface area is 112 Å². The zero-order chi connectivity index (χ0) is 12.8. The summed E-state index contributed by atoms with van der Waals surface area (Å²) in [7, 11) is 0. The number of aromatic nitrogens is 3. The largest absolute Gasteiger partial charge is 0.370 e. The fraction of sp³-hybridized carbons (Fsp3) is 0.0833. The Balaban J connectivity index is 1.98. The summed E-state index contributed by atoms with van der Waals surface area (Å²) in [6, 6.07) is 7.88. The predicted molar refractivity (Wildman–Crippen MR) is 75.2 cm³/mol. The van der Waals surface area contributed by atoms with E-state index in [0.717, 1.165) is 16.1 Å². The Kier molecular flexibility index (Phi) is 2.10. The van der Waals surface area contributed by atoms with Crippen molar-refractivity contribution in [2.75, 3.05) is 5.32 Å². The maximum Gasteiger partial charge on any atom is 0.196 e. The maximum atomic E-state index is 5.88. The first-order valence-electron chi connectivity index (χ1n) is 5.80. The number of fused-ring (bicyclic) bond motifs is 3. The molecule has 0 unspecified atom stereocenters. The molecule has 0 amide bonds. The molecule has 0 bridgehead atoms. The van der Waals surface area contributed by atoms with E-state index in [2.05, 4.69) is 20.4 Å². The molecule has 19 heavy (non-hydrogen) atoms. The molecule has 1 atom stereocenters. The Morgan fingerprint density at radius 1 is 1.32 bits per heavy atom. The predicted octanol–water partition coefficient (Wildman–Crippen LogP) is 1.78. The van der Waals surface area contributed by atoms with Gasteiger partial charge in [0.2, 0.25) is 0 Å². The van der Waals surface area contributed by atoms with Gasteiger partial charge in [-0.1, -0.05) is 6.07 Å². The normalized spacial score (nSPS) is 17.9. The van der Waals surface area contributed by atoms with E-state index in [1.807, 2.05) is 34.3 Å². The molecule has 4 heterocycles. The van der Waals surface area contributed by atoms with Crippen molar-refractivity contribution in [3.8, 4) is 0 Å². The molecule has 0 radical (unpaired) electrons. The second-order valence-electron chi connectivity index (χ2n) is 4.20. The standard InChI is InChI=1S/C12H10N6S/c13-12-15-10-7-3-1-5-14-9(7)17-18(10)11(16-12)8-4-2-6-19-8/h1-6,11H,(H3,13,15,16)/t11-/m0/s1. The SMILES string of the molecule is NC1=N[C@H](c2cccs2)n2nc3ncccc3c2N1. The summed E-state index contributed by atoms with van der Waals surface area (Å²) in [4.78, 5) is 9.79. The van der Waals surface area contributed by atoms with Crippen molar-refractivity contribution in [2.24, 2.45) is 10.7 Å². The summed E-state index contributed by atoms with van der Waals surface area (Å²) in [6.07, 6.45) is 1.51. The number of anilines is 1. The van der Waals surface area contributed by atoms with Gasteiger partial charge < -0.3 is 11.1 Å². The third-order valence-electron chi connectivity index (χ3n) is 3.01. The van der Waals surface area contributed by atoms with E-state index in [-0.39, 0.29) is 6.17 Å². The number of nitrogens with two attached hydrogens (primary N) is 1. The van der Waals surface area contributed by atoms with E-state index >= 15 is 0 Å². The number of nitrogens with zero attached hydrogens (tertiary/aromatic N) is 4. The van der Waals surface area contributed by atoms with Crippen LogP contribution in [0.2, 0.25) is 0 Å². The van der Waals surface area contributed by atoms with Gasteiger partial charge in [-0.3, -0.25) is 0 Å². The number of aliphatic imine (C=N–C) groups is 1. The summed E-state index contributed by atoms with van der Waals surface area (Å²) in [5, 5.41) is 10.5. The zero-order valence-corrected chi connectivity index (χ0v) is 10.6. The van der Waals surface area contributed by atoms with E-state index in [1.54, 1.807) is 17.5 Å². The van der Waals surface area contributed by atoms with Crippen LogP contribution < -0.4 is 11.1 Å². The Hall–Kier alpha value is -2.41. The van der Waals surface area contributed by atoms with Crippen molar-refractivity contribution >= 4 is 34.1 Å². The first kappa shape index (κ1) is 10.5. The Morgan fingerprint density at radius 3 is 3.11 bits per heavy atom. The molecule has 0 saturated heterocycles. The lowest BCUT2D eigenvalue weighted by atomic mass is 10.3. The van der Waals surface area contributed by atoms with Crippen LogP contribution in [0.25, 0.3) is 11.0 Å². The number of hydrogen-bond donors (Lipinski definition) is 2. The molecule has 3 aromatic rings. The van der Waals surface area contributed by atoms with Crippen molar-refractivity contribution in [2.45, 2.75) is 6.17 Å². The maximum absolute atomic E-state index is 5.88. The summed E-state index contributed by atoms with van der Waals surface area (Å²) in [6.45, 7) is 0. The van der Waals surface area contributed by atoms with E-state index in [1.165, 1.54) is 0 Å². The molecule has 0 saturated carbocycles. The highest BCUT2D eigenvalue weighted by Crippen LogP contribution is 2.33. The van der Waals surface area contributed by atoms with Crippen LogP contribution in [0.15, 0.2) is 40.8 Å². The van der Waals surface area contributed by atoms with Crippen LogP contribution >= 0.6 is 11.3 Å². The molecule has 1 aliphatic rings. The van der Waals surface area contributed by atoms with Crippen molar-refractivity contribution in [3.63, 3.8) is 0 Å². The van der Waals surface area contributed by atoms with Crippen molar-refractivity contribution in [1.29, 1.82) is 0 Å². The first-order chi connectivity index (χ1) is 9.33. The summed E-state index contributed by atoms with van der Waals surface area (Å²) in [5.74, 6) is 1.24. The van der Waals surface area contributed by atoms with Gasteiger partial charge in [-0.15, -0.1) is 16.4 Å². The monoisotopic (exact) mass is 270 g/mol. The average molecular weight is 270 g/mol. The fourth-order valence-electron chi connectivity index (χ4n) is 2.20. The van der Waals surface area contributed by atoms with Gasteiger partial charge in [-0.2, -0.15) is 0 Å². The molecule has 0 aromatic carbocycles. The minimum atomic E-state index is -0.217. The highest BCUT2D eigenvalue weighted by Gasteiger charge is 2.25. The van der Waals surface area contributed by atoms with Crippen molar-refractivity contribution in [3.05, 3.63) is 40.7 Å². The molecular weight excluding hydrogens is 260 g/mol. The number of guanidine groups is 1. The van der Waals surface area contributed by atoms with Gasteiger partial charge in [-0.05, 0) is 23.6 Å². The van der Waals surface area contributed by atoms with Crippen molar-refractivity contribution < 1.29 is 0 Å². The van der Waals surface area contributed by atoms with Gasteiger partial charge in [0.05, 0.1) is 10.3 Å². The van der Waals surface area contributed by atoms with Crippen LogP contribution in [0.4, 0.5) is 5.82 Å². The third kappa shape index (κ3) is 1.52. The van der Waals surface area contributed by atoms with Gasteiger partial charge in [-0.25, -0.2) is 14.7 Å². The van der Waals surface area contributed by atoms with Crippen LogP contribution in [0.3, 0.4) is 0 Å². The van der Waals surface area contributed by atoms with Crippen molar-refractivity contribution in [1.82, 2.24) is 14.8 Å². The molecule has 0 aliphatic carbocycles. The smallest absolute Gasteiger partial charge is 0.196 e. The van der Waals surface area contributed by atoms with Crippen LogP contribution in [0.1, 0.15) is 11.0 Å². The van der Waals surface area contributed by atoms with E-state index in [0.29, 0.717) is 11.6 Å². The second-order valence-corrected chi connectivity index (χ2v) is 5.18. The van der Waals surface area contributed by atoms with Crippen LogP contribution in [-0.2, 0) is 0 Å². The number of rotatable bonds is 1. The summed E-state index contributed by atoms with van der Waals surface area (Å²) >= 11 is 1.63. The van der Waals surface area contributed by atoms with E-state index in [4.69, 9.17) is 5.73 Å². The molecule has 0 spiro atoms. The first-order valence-corrected chi connectivity index (χ1v) is 6.68. The molecule has 3 N–H and O–H groups in total. The molecule has 7 heteroatoms. The lowest BCUT2D eigenvalue weighted by Gasteiger charge is -2.21. The molecule has 94 valence electrons. The average Bonchev–Trinajstić information content (AvgIpc) is 3.05. The zero-order valence-electron chi connectivity index (χ0n) is 9.82. The molecular formula is C12H10N6S. The lowest BCUT2D eigenvalue weighted by molar-refractivity contribution is 0.555. The van der Waals surface area contributed by atoms with E-state index < -0.39 is 0 Å². The molecule has 0 fully saturated rings. The second kappa shape index (κ2) is 3.79. The molecule has 1 aliphatic heterocycles. The molecule has 6 nitrogen and oxygen atoms in total. The fourth-order valence-corrected chi connectivity index (χ4v) is 2.95. The van der Waals surface area contributed by atoms with E-state index in [9.17, 15) is 0 Å². The van der Waals surface area contributed by atoms with Gasteiger partial charge in [0.15, 0.2) is 17.8 Å². The number of pyridine rings is 1. The van der Waals surface area contributed by atoms with Gasteiger partial charge in [0, 0.05) is 6.20 Å². The number of thiophene rings is 1. The highest BCUT2D eigenvalue weighted by atomic mass is 32.1. The number of nitrogens with one attached hydrogen (secondary N) is 1. The Morgan fingerprint density at radius 2 is 2.26 bits per heavy atom. The quantitative estimate of drug-likeness (QED) is 0.706. The molecule has 3 aromatic heterocycles. The molecule has 4 rings (SSSR count).